The first kappa shape index (κ1) is 14.4. The van der Waals surface area contributed by atoms with E-state index in [1.165, 1.54) is 4.31 Å². The van der Waals surface area contributed by atoms with Crippen LogP contribution in [0.1, 0.15) is 33.1 Å². The normalized spacial score (nSPS) is 19.7. The number of aliphatic carboxylic acids is 1. The second kappa shape index (κ2) is 5.79. The van der Waals surface area contributed by atoms with E-state index < -0.39 is 22.7 Å². The highest BCUT2D eigenvalue weighted by atomic mass is 32.2. The summed E-state index contributed by atoms with van der Waals surface area (Å²) >= 11 is 0. The van der Waals surface area contributed by atoms with Crippen LogP contribution in [0.4, 0.5) is 0 Å². The molecule has 1 fully saturated rings. The average molecular weight is 264 g/mol. The fourth-order valence-corrected chi connectivity index (χ4v) is 3.76. The van der Waals surface area contributed by atoms with Crippen LogP contribution in [0.25, 0.3) is 0 Å². The molecule has 1 N–H and O–H groups in total. The Morgan fingerprint density at radius 2 is 1.94 bits per heavy atom. The second-order valence-electron chi connectivity index (χ2n) is 4.31. The van der Waals surface area contributed by atoms with Gasteiger partial charge in [0.1, 0.15) is 6.54 Å². The minimum absolute atomic E-state index is 0.295. The monoisotopic (exact) mass is 264 g/mol. The van der Waals surface area contributed by atoms with Crippen molar-refractivity contribution in [2.45, 2.75) is 39.2 Å². The van der Waals surface area contributed by atoms with E-state index >= 15 is 0 Å². The number of hydrogen-bond donors (Lipinski definition) is 1. The van der Waals surface area contributed by atoms with E-state index in [1.54, 1.807) is 6.92 Å². The predicted octanol–water partition coefficient (Wildman–Crippen LogP) is 0.512. The molecule has 1 saturated heterocycles. The van der Waals surface area contributed by atoms with Crippen molar-refractivity contribution >= 4 is 16.2 Å². The number of carbonyl (C=O) groups is 1. The second-order valence-corrected chi connectivity index (χ2v) is 6.19. The number of carboxylic acids is 1. The van der Waals surface area contributed by atoms with Gasteiger partial charge in [-0.05, 0) is 26.2 Å². The molecule has 7 heteroatoms. The lowest BCUT2D eigenvalue weighted by molar-refractivity contribution is -0.137. The van der Waals surface area contributed by atoms with E-state index in [0.717, 1.165) is 17.1 Å². The van der Waals surface area contributed by atoms with Gasteiger partial charge in [0.2, 0.25) is 0 Å². The fraction of sp³-hybridized carbons (Fsp3) is 0.900. The summed E-state index contributed by atoms with van der Waals surface area (Å²) in [6, 6.07) is -0.295. The minimum Gasteiger partial charge on any atom is -0.480 e. The summed E-state index contributed by atoms with van der Waals surface area (Å²) in [7, 11) is -3.62. The molecule has 0 aromatic rings. The lowest BCUT2D eigenvalue weighted by Gasteiger charge is -2.30. The van der Waals surface area contributed by atoms with Gasteiger partial charge in [-0.2, -0.15) is 17.0 Å². The molecule has 0 bridgehead atoms. The van der Waals surface area contributed by atoms with Gasteiger partial charge in [-0.15, -0.1) is 0 Å². The van der Waals surface area contributed by atoms with Gasteiger partial charge in [-0.25, -0.2) is 0 Å². The first-order chi connectivity index (χ1) is 7.89. The largest absolute Gasteiger partial charge is 0.480 e. The van der Waals surface area contributed by atoms with E-state index in [2.05, 4.69) is 0 Å². The third kappa shape index (κ3) is 3.40. The molecule has 1 aliphatic rings. The number of hydrogen-bond acceptors (Lipinski definition) is 3. The summed E-state index contributed by atoms with van der Waals surface area (Å²) in [6.07, 6.45) is 2.29. The first-order valence-electron chi connectivity index (χ1n) is 5.88. The Bertz CT molecular complexity index is 363. The highest BCUT2D eigenvalue weighted by Gasteiger charge is 2.35. The van der Waals surface area contributed by atoms with Crippen LogP contribution in [0.2, 0.25) is 0 Å². The summed E-state index contributed by atoms with van der Waals surface area (Å²) in [5.41, 5.74) is 0. The van der Waals surface area contributed by atoms with Crippen molar-refractivity contribution in [3.05, 3.63) is 0 Å². The third-order valence-corrected chi connectivity index (χ3v) is 5.16. The molecule has 0 aliphatic carbocycles. The lowest BCUT2D eigenvalue weighted by Crippen LogP contribution is -2.48. The van der Waals surface area contributed by atoms with E-state index in [4.69, 9.17) is 5.11 Å². The molecule has 0 radical (unpaired) electrons. The Hall–Kier alpha value is -0.660. The Kier molecular flexibility index (Phi) is 4.91. The number of rotatable bonds is 6. The topological polar surface area (TPSA) is 77.9 Å². The van der Waals surface area contributed by atoms with Crippen LogP contribution in [0.5, 0.6) is 0 Å². The maximum absolute atomic E-state index is 12.3. The van der Waals surface area contributed by atoms with Crippen LogP contribution < -0.4 is 0 Å². The lowest BCUT2D eigenvalue weighted by atomic mass is 10.2. The Labute approximate surface area is 102 Å². The van der Waals surface area contributed by atoms with Crippen LogP contribution in [0.3, 0.4) is 0 Å². The fourth-order valence-electron chi connectivity index (χ4n) is 1.87. The van der Waals surface area contributed by atoms with E-state index in [1.807, 2.05) is 6.92 Å². The summed E-state index contributed by atoms with van der Waals surface area (Å²) < 4.78 is 27.0. The zero-order valence-electron chi connectivity index (χ0n) is 10.3. The van der Waals surface area contributed by atoms with Crippen molar-refractivity contribution in [2.24, 2.45) is 0 Å². The van der Waals surface area contributed by atoms with Gasteiger partial charge in [-0.3, -0.25) is 4.79 Å². The first-order valence-corrected chi connectivity index (χ1v) is 7.28. The van der Waals surface area contributed by atoms with Crippen molar-refractivity contribution in [3.8, 4) is 0 Å². The molecule has 1 rings (SSSR count). The van der Waals surface area contributed by atoms with E-state index in [9.17, 15) is 13.2 Å². The molecule has 6 nitrogen and oxygen atoms in total. The average Bonchev–Trinajstić information content (AvgIpc) is 2.78. The van der Waals surface area contributed by atoms with Gasteiger partial charge in [0.05, 0.1) is 0 Å². The van der Waals surface area contributed by atoms with Gasteiger partial charge in [0.15, 0.2) is 0 Å². The Morgan fingerprint density at radius 1 is 1.41 bits per heavy atom. The Balaban J connectivity index is 2.90. The van der Waals surface area contributed by atoms with Gasteiger partial charge < -0.3 is 5.11 Å². The summed E-state index contributed by atoms with van der Waals surface area (Å²) in [5, 5.41) is 8.81. The summed E-state index contributed by atoms with van der Waals surface area (Å²) in [5.74, 6) is -1.12. The molecule has 0 spiro atoms. The van der Waals surface area contributed by atoms with Crippen molar-refractivity contribution in [2.75, 3.05) is 19.6 Å². The molecule has 1 aliphatic heterocycles. The standard InChI is InChI=1S/C10H20N2O4S/c1-3-9(2)12(8-10(13)14)17(15,16)11-6-4-5-7-11/h9H,3-8H2,1-2H3,(H,13,14). The highest BCUT2D eigenvalue weighted by Crippen LogP contribution is 2.19. The third-order valence-electron chi connectivity index (χ3n) is 3.06. The van der Waals surface area contributed by atoms with E-state index in [-0.39, 0.29) is 6.04 Å². The maximum Gasteiger partial charge on any atom is 0.318 e. The predicted molar refractivity (Wildman–Crippen MR) is 63.8 cm³/mol. The molecular formula is C10H20N2O4S. The smallest absolute Gasteiger partial charge is 0.318 e. The van der Waals surface area contributed by atoms with Gasteiger partial charge in [0.25, 0.3) is 10.2 Å². The van der Waals surface area contributed by atoms with Crippen molar-refractivity contribution < 1.29 is 18.3 Å². The summed E-state index contributed by atoms with van der Waals surface area (Å²) in [4.78, 5) is 10.8. The van der Waals surface area contributed by atoms with Crippen LogP contribution in [-0.2, 0) is 15.0 Å². The molecule has 0 saturated carbocycles. The molecule has 100 valence electrons. The van der Waals surface area contributed by atoms with Crippen LogP contribution >= 0.6 is 0 Å². The molecule has 0 aromatic carbocycles. The van der Waals surface area contributed by atoms with E-state index in [0.29, 0.717) is 19.5 Å². The SMILES string of the molecule is CCC(C)N(CC(=O)O)S(=O)(=O)N1CCCC1. The van der Waals surface area contributed by atoms with Crippen molar-refractivity contribution in [3.63, 3.8) is 0 Å². The van der Waals surface area contributed by atoms with Crippen molar-refractivity contribution in [1.29, 1.82) is 0 Å². The Morgan fingerprint density at radius 3 is 2.35 bits per heavy atom. The molecule has 1 atom stereocenters. The van der Waals surface area contributed by atoms with Gasteiger partial charge in [0, 0.05) is 19.1 Å². The molecule has 1 unspecified atom stereocenters. The van der Waals surface area contributed by atoms with Crippen molar-refractivity contribution in [1.82, 2.24) is 8.61 Å². The van der Waals surface area contributed by atoms with Crippen LogP contribution in [0.15, 0.2) is 0 Å². The van der Waals surface area contributed by atoms with Gasteiger partial charge >= 0.3 is 5.97 Å². The molecule has 17 heavy (non-hydrogen) atoms. The minimum atomic E-state index is -3.62. The molecule has 0 aromatic heterocycles. The quantitative estimate of drug-likeness (QED) is 0.758. The van der Waals surface area contributed by atoms with Crippen LogP contribution in [-0.4, -0.2) is 53.8 Å². The zero-order chi connectivity index (χ0) is 13.1. The molecular weight excluding hydrogens is 244 g/mol. The molecule has 1 heterocycles. The van der Waals surface area contributed by atoms with Gasteiger partial charge in [-0.1, -0.05) is 6.92 Å². The number of carboxylic acid groups (broad SMARTS) is 1. The summed E-state index contributed by atoms with van der Waals surface area (Å²) in [6.45, 7) is 4.10. The number of nitrogens with zero attached hydrogens (tertiary/aromatic N) is 2. The molecule has 0 amide bonds. The maximum atomic E-state index is 12.3. The van der Waals surface area contributed by atoms with Crippen LogP contribution in [0, 0.1) is 0 Å². The highest BCUT2D eigenvalue weighted by molar-refractivity contribution is 7.86. The zero-order valence-corrected chi connectivity index (χ0v) is 11.1.